The predicted octanol–water partition coefficient (Wildman–Crippen LogP) is 4.02. The van der Waals surface area contributed by atoms with Crippen LogP contribution in [0.15, 0.2) is 24.3 Å². The Labute approximate surface area is 155 Å². The van der Waals surface area contributed by atoms with Crippen LogP contribution in [-0.2, 0) is 15.1 Å². The molecule has 1 aliphatic rings. The van der Waals surface area contributed by atoms with E-state index in [1.54, 1.807) is 39.8 Å². The number of carbonyl (C=O) groups excluding carboxylic acids is 2. The molecule has 0 fully saturated rings. The zero-order valence-electron chi connectivity index (χ0n) is 15.2. The van der Waals surface area contributed by atoms with Gasteiger partial charge in [0.05, 0.1) is 11.4 Å². The molecule has 26 heavy (non-hydrogen) atoms. The fraction of sp³-hybridized carbons (Fsp3) is 0.421. The van der Waals surface area contributed by atoms with Crippen molar-refractivity contribution in [1.82, 2.24) is 4.90 Å². The molecule has 1 N–H and O–H groups in total. The van der Waals surface area contributed by atoms with Gasteiger partial charge >= 0.3 is 12.1 Å². The van der Waals surface area contributed by atoms with Gasteiger partial charge in [-0.05, 0) is 38.6 Å². The lowest BCUT2D eigenvalue weighted by atomic mass is 9.80. The Bertz CT molecular complexity index is 910. The minimum atomic E-state index is -1.63. The summed E-state index contributed by atoms with van der Waals surface area (Å²) in [6, 6.07) is 7.29. The van der Waals surface area contributed by atoms with Gasteiger partial charge in [-0.15, -0.1) is 11.3 Å². The third-order valence-corrected chi connectivity index (χ3v) is 5.72. The number of hydrogen-bond acceptors (Lipinski definition) is 5. The zero-order valence-corrected chi connectivity index (χ0v) is 16.0. The van der Waals surface area contributed by atoms with Crippen molar-refractivity contribution in [1.29, 1.82) is 0 Å². The molecule has 138 valence electrons. The maximum atomic E-state index is 12.8. The van der Waals surface area contributed by atoms with Gasteiger partial charge in [0.25, 0.3) is 0 Å². The Morgan fingerprint density at radius 1 is 1.31 bits per heavy atom. The smallest absolute Gasteiger partial charge is 0.411 e. The highest BCUT2D eigenvalue weighted by atomic mass is 32.1. The van der Waals surface area contributed by atoms with Crippen LogP contribution < -0.4 is 0 Å². The van der Waals surface area contributed by atoms with Crippen molar-refractivity contribution in [2.24, 2.45) is 0 Å². The van der Waals surface area contributed by atoms with Crippen LogP contribution in [0.3, 0.4) is 0 Å². The highest BCUT2D eigenvalue weighted by Crippen LogP contribution is 2.47. The maximum absolute atomic E-state index is 12.8. The van der Waals surface area contributed by atoms with Crippen LogP contribution in [0.4, 0.5) is 4.79 Å². The van der Waals surface area contributed by atoms with Crippen LogP contribution in [0.2, 0.25) is 0 Å². The average Bonchev–Trinajstić information content (AvgIpc) is 2.94. The van der Waals surface area contributed by atoms with Crippen molar-refractivity contribution < 1.29 is 24.2 Å². The number of hydrogen-bond donors (Lipinski definition) is 1. The van der Waals surface area contributed by atoms with Gasteiger partial charge in [-0.1, -0.05) is 25.1 Å². The van der Waals surface area contributed by atoms with Crippen LogP contribution in [-0.4, -0.2) is 40.0 Å². The SMILES string of the molecule is CCC1(C(=O)O)c2c(sc3ccccc23)C(=O)CN1C(=O)OC(C)(C)C. The molecule has 3 rings (SSSR count). The summed E-state index contributed by atoms with van der Waals surface area (Å²) < 4.78 is 6.24. The lowest BCUT2D eigenvalue weighted by Crippen LogP contribution is -2.59. The second-order valence-corrected chi connectivity index (χ2v) is 8.36. The Kier molecular flexibility index (Phi) is 4.30. The van der Waals surface area contributed by atoms with Crippen molar-refractivity contribution in [2.75, 3.05) is 6.54 Å². The number of carboxylic acids is 1. The standard InChI is InChI=1S/C19H21NO5S/c1-5-19(16(22)23)14-11-8-6-7-9-13(11)26-15(14)12(21)10-20(19)17(24)25-18(2,3)4/h6-9H,5,10H2,1-4H3,(H,22,23). The van der Waals surface area contributed by atoms with E-state index in [0.29, 0.717) is 15.8 Å². The Balaban J connectivity index is 2.28. The maximum Gasteiger partial charge on any atom is 0.411 e. The molecule has 1 aromatic carbocycles. The molecule has 1 unspecified atom stereocenters. The molecule has 0 saturated carbocycles. The van der Waals surface area contributed by atoms with E-state index >= 15 is 0 Å². The number of rotatable bonds is 2. The lowest BCUT2D eigenvalue weighted by molar-refractivity contribution is -0.152. The third-order valence-electron chi connectivity index (χ3n) is 4.50. The van der Waals surface area contributed by atoms with Crippen LogP contribution >= 0.6 is 11.3 Å². The minimum Gasteiger partial charge on any atom is -0.479 e. The number of fused-ring (bicyclic) bond motifs is 3. The average molecular weight is 375 g/mol. The van der Waals surface area contributed by atoms with Gasteiger partial charge in [-0.25, -0.2) is 9.59 Å². The van der Waals surface area contributed by atoms with Crippen LogP contribution in [0.25, 0.3) is 10.1 Å². The molecule has 1 amide bonds. The molecule has 1 aromatic heterocycles. The van der Waals surface area contributed by atoms with Crippen LogP contribution in [0.1, 0.15) is 49.4 Å². The van der Waals surface area contributed by atoms with Crippen molar-refractivity contribution in [3.63, 3.8) is 0 Å². The van der Waals surface area contributed by atoms with E-state index < -0.39 is 23.2 Å². The van der Waals surface area contributed by atoms with Crippen molar-refractivity contribution in [3.8, 4) is 0 Å². The van der Waals surface area contributed by atoms with Crippen molar-refractivity contribution in [2.45, 2.75) is 45.3 Å². The lowest BCUT2D eigenvalue weighted by Gasteiger charge is -2.43. The first-order valence-electron chi connectivity index (χ1n) is 8.41. The molecule has 1 atom stereocenters. The molecule has 7 heteroatoms. The molecule has 0 bridgehead atoms. The normalized spacial score (nSPS) is 20.2. The summed E-state index contributed by atoms with van der Waals surface area (Å²) in [6.45, 7) is 6.51. The molecular formula is C19H21NO5S. The van der Waals surface area contributed by atoms with Crippen LogP contribution in [0.5, 0.6) is 0 Å². The molecule has 2 aromatic rings. The quantitative estimate of drug-likeness (QED) is 0.857. The number of benzene rings is 1. The van der Waals surface area contributed by atoms with E-state index in [1.807, 2.05) is 12.1 Å². The summed E-state index contributed by atoms with van der Waals surface area (Å²) in [5.74, 6) is -1.43. The number of aliphatic carboxylic acids is 1. The van der Waals surface area contributed by atoms with Gasteiger partial charge < -0.3 is 9.84 Å². The molecular weight excluding hydrogens is 354 g/mol. The fourth-order valence-electron chi connectivity index (χ4n) is 3.42. The molecule has 0 saturated heterocycles. The Hall–Kier alpha value is -2.41. The van der Waals surface area contributed by atoms with E-state index in [2.05, 4.69) is 0 Å². The number of carboxylic acid groups (broad SMARTS) is 1. The van der Waals surface area contributed by atoms with E-state index in [4.69, 9.17) is 4.74 Å². The number of amides is 1. The van der Waals surface area contributed by atoms with Crippen molar-refractivity contribution in [3.05, 3.63) is 34.7 Å². The molecule has 1 aliphatic heterocycles. The molecule has 0 aliphatic carbocycles. The predicted molar refractivity (Wildman–Crippen MR) is 98.7 cm³/mol. The van der Waals surface area contributed by atoms with Gasteiger partial charge in [-0.2, -0.15) is 0 Å². The largest absolute Gasteiger partial charge is 0.479 e. The number of carbonyl (C=O) groups is 3. The first-order chi connectivity index (χ1) is 12.1. The van der Waals surface area contributed by atoms with Gasteiger partial charge in [-0.3, -0.25) is 9.69 Å². The van der Waals surface area contributed by atoms with E-state index in [0.717, 1.165) is 9.60 Å². The Morgan fingerprint density at radius 2 is 1.96 bits per heavy atom. The Morgan fingerprint density at radius 3 is 2.54 bits per heavy atom. The number of thiophene rings is 1. The van der Waals surface area contributed by atoms with E-state index in [9.17, 15) is 19.5 Å². The van der Waals surface area contributed by atoms with Gasteiger partial charge in [0.2, 0.25) is 0 Å². The fourth-order valence-corrected chi connectivity index (χ4v) is 4.62. The third kappa shape index (κ3) is 2.67. The number of nitrogens with zero attached hydrogens (tertiary/aromatic N) is 1. The molecule has 0 spiro atoms. The summed E-state index contributed by atoms with van der Waals surface area (Å²) >= 11 is 1.28. The number of ether oxygens (including phenoxy) is 1. The summed E-state index contributed by atoms with van der Waals surface area (Å²) in [4.78, 5) is 39.5. The number of Topliss-reactive ketones (excluding diaryl/α,β-unsaturated/α-hetero) is 1. The zero-order chi connectivity index (χ0) is 19.3. The van der Waals surface area contributed by atoms with Gasteiger partial charge in [0.1, 0.15) is 5.60 Å². The van der Waals surface area contributed by atoms with E-state index in [1.165, 1.54) is 11.3 Å². The summed E-state index contributed by atoms with van der Waals surface area (Å²) in [6.07, 6.45) is -0.668. The van der Waals surface area contributed by atoms with Crippen LogP contribution in [0, 0.1) is 0 Å². The second kappa shape index (κ2) is 6.09. The summed E-state index contributed by atoms with van der Waals surface area (Å²) in [5, 5.41) is 10.9. The minimum absolute atomic E-state index is 0.128. The highest BCUT2D eigenvalue weighted by molar-refractivity contribution is 7.21. The number of ketones is 1. The first-order valence-corrected chi connectivity index (χ1v) is 9.22. The highest BCUT2D eigenvalue weighted by Gasteiger charge is 2.55. The summed E-state index contributed by atoms with van der Waals surface area (Å²) in [5.41, 5.74) is -2.03. The summed E-state index contributed by atoms with van der Waals surface area (Å²) in [7, 11) is 0. The first kappa shape index (κ1) is 18.4. The van der Waals surface area contributed by atoms with Crippen molar-refractivity contribution >= 4 is 39.3 Å². The monoisotopic (exact) mass is 375 g/mol. The second-order valence-electron chi connectivity index (χ2n) is 7.31. The van der Waals surface area contributed by atoms with Gasteiger partial charge in [0.15, 0.2) is 11.3 Å². The van der Waals surface area contributed by atoms with E-state index in [-0.39, 0.29) is 18.7 Å². The molecule has 0 radical (unpaired) electrons. The van der Waals surface area contributed by atoms with Gasteiger partial charge in [0, 0.05) is 10.3 Å². The topological polar surface area (TPSA) is 83.9 Å². The molecule has 2 heterocycles. The molecule has 6 nitrogen and oxygen atoms in total.